The fraction of sp³-hybridized carbons (Fsp3) is 0.500. The van der Waals surface area contributed by atoms with Crippen LogP contribution in [0, 0.1) is 0 Å². The summed E-state index contributed by atoms with van der Waals surface area (Å²) in [5.41, 5.74) is 1.10. The quantitative estimate of drug-likeness (QED) is 0.863. The van der Waals surface area contributed by atoms with Crippen molar-refractivity contribution in [2.24, 2.45) is 0 Å². The Kier molecular flexibility index (Phi) is 2.96. The number of benzene rings is 1. The largest absolute Gasteiger partial charge is 0.497 e. The van der Waals surface area contributed by atoms with Crippen molar-refractivity contribution in [3.05, 3.63) is 29.8 Å². The predicted molar refractivity (Wildman–Crippen MR) is 68.2 cm³/mol. The van der Waals surface area contributed by atoms with Gasteiger partial charge in [-0.1, -0.05) is 18.6 Å². The molecule has 2 fully saturated rings. The number of methoxy groups -OCH3 is 1. The van der Waals surface area contributed by atoms with Crippen LogP contribution in [0.15, 0.2) is 24.3 Å². The van der Waals surface area contributed by atoms with Crippen molar-refractivity contribution in [1.82, 2.24) is 10.2 Å². The number of nitrogens with zero attached hydrogens (tertiary/aromatic N) is 1. The minimum Gasteiger partial charge on any atom is -0.497 e. The van der Waals surface area contributed by atoms with E-state index in [0.717, 1.165) is 30.7 Å². The Morgan fingerprint density at radius 1 is 1.39 bits per heavy atom. The molecular formula is C14H18N2O2. The number of amides is 1. The third-order valence-corrected chi connectivity index (χ3v) is 3.87. The summed E-state index contributed by atoms with van der Waals surface area (Å²) in [6, 6.07) is 8.01. The highest BCUT2D eigenvalue weighted by molar-refractivity contribution is 5.84. The lowest BCUT2D eigenvalue weighted by atomic mass is 10.0. The molecule has 1 N–H and O–H groups in total. The van der Waals surface area contributed by atoms with Crippen LogP contribution in [0.5, 0.6) is 5.75 Å². The number of rotatable bonds is 2. The number of nitrogens with one attached hydrogen (secondary N) is 1. The number of ether oxygens (including phenoxy) is 1. The minimum atomic E-state index is 0.0119. The van der Waals surface area contributed by atoms with Crippen molar-refractivity contribution in [2.75, 3.05) is 13.7 Å². The average Bonchev–Trinajstić information content (AvgIpc) is 2.77. The molecule has 1 aromatic carbocycles. The first-order chi connectivity index (χ1) is 8.79. The van der Waals surface area contributed by atoms with Crippen molar-refractivity contribution in [2.45, 2.75) is 31.5 Å². The molecule has 0 spiro atoms. The molecule has 0 aliphatic carbocycles. The monoisotopic (exact) mass is 246 g/mol. The van der Waals surface area contributed by atoms with Crippen LogP contribution >= 0.6 is 0 Å². The van der Waals surface area contributed by atoms with Gasteiger partial charge < -0.3 is 10.1 Å². The summed E-state index contributed by atoms with van der Waals surface area (Å²) in [7, 11) is 1.66. The Morgan fingerprint density at radius 3 is 3.11 bits per heavy atom. The van der Waals surface area contributed by atoms with Gasteiger partial charge in [0.2, 0.25) is 5.91 Å². The van der Waals surface area contributed by atoms with Gasteiger partial charge in [-0.15, -0.1) is 0 Å². The van der Waals surface area contributed by atoms with Crippen molar-refractivity contribution in [3.63, 3.8) is 0 Å². The molecule has 3 rings (SSSR count). The van der Waals surface area contributed by atoms with Crippen LogP contribution in [0.4, 0.5) is 0 Å². The van der Waals surface area contributed by atoms with E-state index < -0.39 is 0 Å². The Balaban J connectivity index is 1.89. The van der Waals surface area contributed by atoms with Gasteiger partial charge in [-0.2, -0.15) is 0 Å². The molecule has 2 aliphatic rings. The minimum absolute atomic E-state index is 0.0119. The van der Waals surface area contributed by atoms with Crippen LogP contribution in [0.2, 0.25) is 0 Å². The zero-order valence-corrected chi connectivity index (χ0v) is 10.6. The zero-order valence-electron chi connectivity index (χ0n) is 10.6. The molecule has 1 aromatic rings. The second kappa shape index (κ2) is 4.61. The second-order valence-corrected chi connectivity index (χ2v) is 4.94. The van der Waals surface area contributed by atoms with E-state index in [4.69, 9.17) is 4.74 Å². The highest BCUT2D eigenvalue weighted by Gasteiger charge is 2.41. The smallest absolute Gasteiger partial charge is 0.238 e. The van der Waals surface area contributed by atoms with Crippen molar-refractivity contribution in [3.8, 4) is 5.75 Å². The number of carbonyl (C=O) groups excluding carboxylic acids is 1. The van der Waals surface area contributed by atoms with E-state index in [0.29, 0.717) is 0 Å². The van der Waals surface area contributed by atoms with Crippen LogP contribution in [-0.2, 0) is 4.79 Å². The van der Waals surface area contributed by atoms with Crippen molar-refractivity contribution < 1.29 is 9.53 Å². The molecule has 2 atom stereocenters. The van der Waals surface area contributed by atoms with E-state index in [-0.39, 0.29) is 18.1 Å². The summed E-state index contributed by atoms with van der Waals surface area (Å²) in [5.74, 6) is 1.00. The molecular weight excluding hydrogens is 228 g/mol. The predicted octanol–water partition coefficient (Wildman–Crippen LogP) is 1.68. The molecule has 0 radical (unpaired) electrons. The average molecular weight is 246 g/mol. The van der Waals surface area contributed by atoms with E-state index in [1.54, 1.807) is 7.11 Å². The maximum absolute atomic E-state index is 12.0. The van der Waals surface area contributed by atoms with Gasteiger partial charge in [-0.05, 0) is 30.5 Å². The molecule has 0 saturated carbocycles. The fourth-order valence-electron chi connectivity index (χ4n) is 2.94. The highest BCUT2D eigenvalue weighted by atomic mass is 16.5. The first-order valence-corrected chi connectivity index (χ1v) is 6.49. The Labute approximate surface area is 107 Å². The first kappa shape index (κ1) is 11.5. The van der Waals surface area contributed by atoms with Crippen molar-refractivity contribution in [1.29, 1.82) is 0 Å². The van der Waals surface area contributed by atoms with Crippen LogP contribution in [0.1, 0.15) is 31.0 Å². The number of hydrogen-bond donors (Lipinski definition) is 1. The number of carbonyl (C=O) groups is 1. The normalized spacial score (nSPS) is 27.7. The summed E-state index contributed by atoms with van der Waals surface area (Å²) < 4.78 is 5.25. The van der Waals surface area contributed by atoms with Crippen LogP contribution in [-0.4, -0.2) is 30.5 Å². The van der Waals surface area contributed by atoms with E-state index in [1.807, 2.05) is 24.3 Å². The van der Waals surface area contributed by atoms with Crippen LogP contribution in [0.3, 0.4) is 0 Å². The molecule has 0 bridgehead atoms. The summed E-state index contributed by atoms with van der Waals surface area (Å²) in [6.07, 6.45) is 3.32. The molecule has 4 nitrogen and oxygen atoms in total. The summed E-state index contributed by atoms with van der Waals surface area (Å²) in [5, 5.41) is 3.09. The molecule has 2 unspecified atom stereocenters. The molecule has 96 valence electrons. The molecule has 2 heterocycles. The lowest BCUT2D eigenvalue weighted by molar-refractivity contribution is -0.122. The highest BCUT2D eigenvalue weighted by Crippen LogP contribution is 2.33. The van der Waals surface area contributed by atoms with Gasteiger partial charge in [0.25, 0.3) is 0 Å². The third-order valence-electron chi connectivity index (χ3n) is 3.87. The molecule has 4 heteroatoms. The van der Waals surface area contributed by atoms with Gasteiger partial charge in [0.1, 0.15) is 11.9 Å². The standard InChI is InChI=1S/C14H18N2O2/c1-18-11-6-4-5-10(9-11)13-15-14(17)12-7-2-3-8-16(12)13/h4-6,9,12-13H,2-3,7-8H2,1H3,(H,15,17). The summed E-state index contributed by atoms with van der Waals surface area (Å²) in [6.45, 7) is 0.991. The molecule has 18 heavy (non-hydrogen) atoms. The van der Waals surface area contributed by atoms with E-state index >= 15 is 0 Å². The molecule has 2 saturated heterocycles. The first-order valence-electron chi connectivity index (χ1n) is 6.49. The Morgan fingerprint density at radius 2 is 2.28 bits per heavy atom. The fourth-order valence-corrected chi connectivity index (χ4v) is 2.94. The van der Waals surface area contributed by atoms with Crippen LogP contribution in [0.25, 0.3) is 0 Å². The van der Waals surface area contributed by atoms with Gasteiger partial charge in [0, 0.05) is 6.54 Å². The molecule has 1 amide bonds. The van der Waals surface area contributed by atoms with Crippen LogP contribution < -0.4 is 10.1 Å². The lowest BCUT2D eigenvalue weighted by Gasteiger charge is -2.31. The van der Waals surface area contributed by atoms with Gasteiger partial charge in [-0.3, -0.25) is 9.69 Å². The topological polar surface area (TPSA) is 41.6 Å². The maximum atomic E-state index is 12.0. The second-order valence-electron chi connectivity index (χ2n) is 4.94. The molecule has 0 aromatic heterocycles. The third kappa shape index (κ3) is 1.86. The number of piperidine rings is 1. The van der Waals surface area contributed by atoms with Gasteiger partial charge in [0.05, 0.1) is 13.2 Å². The Hall–Kier alpha value is -1.55. The van der Waals surface area contributed by atoms with E-state index in [2.05, 4.69) is 10.2 Å². The van der Waals surface area contributed by atoms with Gasteiger partial charge >= 0.3 is 0 Å². The number of fused-ring (bicyclic) bond motifs is 1. The summed E-state index contributed by atoms with van der Waals surface area (Å²) in [4.78, 5) is 14.2. The van der Waals surface area contributed by atoms with Crippen molar-refractivity contribution >= 4 is 5.91 Å². The van der Waals surface area contributed by atoms with E-state index in [1.165, 1.54) is 6.42 Å². The van der Waals surface area contributed by atoms with E-state index in [9.17, 15) is 4.79 Å². The Bertz CT molecular complexity index is 461. The molecule has 2 aliphatic heterocycles. The SMILES string of the molecule is COc1cccc(C2NC(=O)C3CCCCN32)c1. The number of hydrogen-bond acceptors (Lipinski definition) is 3. The maximum Gasteiger partial charge on any atom is 0.238 e. The zero-order chi connectivity index (χ0) is 12.5. The summed E-state index contributed by atoms with van der Waals surface area (Å²) >= 11 is 0. The van der Waals surface area contributed by atoms with Gasteiger partial charge in [-0.25, -0.2) is 0 Å². The lowest BCUT2D eigenvalue weighted by Crippen LogP contribution is -2.38. The van der Waals surface area contributed by atoms with Gasteiger partial charge in [0.15, 0.2) is 0 Å².